The van der Waals surface area contributed by atoms with Gasteiger partial charge in [0.2, 0.25) is 0 Å². The van der Waals surface area contributed by atoms with Crippen molar-refractivity contribution in [3.63, 3.8) is 0 Å². The number of hydrogen-bond donors (Lipinski definition) is 0. The molecular formula is C20H23BIN3O2. The third-order valence-electron chi connectivity index (χ3n) is 5.57. The van der Waals surface area contributed by atoms with Gasteiger partial charge in [0.05, 0.1) is 23.3 Å². The Bertz CT molecular complexity index is 1000. The van der Waals surface area contributed by atoms with Gasteiger partial charge in [-0.15, -0.1) is 5.10 Å². The first-order valence-corrected chi connectivity index (χ1v) is 10.2. The van der Waals surface area contributed by atoms with E-state index in [9.17, 15) is 0 Å². The van der Waals surface area contributed by atoms with Crippen LogP contribution in [0.25, 0.3) is 11.0 Å². The van der Waals surface area contributed by atoms with Gasteiger partial charge < -0.3 is 9.31 Å². The van der Waals surface area contributed by atoms with E-state index in [1.54, 1.807) is 0 Å². The van der Waals surface area contributed by atoms with E-state index in [1.807, 2.05) is 10.7 Å². The lowest BCUT2D eigenvalue weighted by Crippen LogP contribution is -2.41. The van der Waals surface area contributed by atoms with Gasteiger partial charge in [-0.3, -0.25) is 0 Å². The topological polar surface area (TPSA) is 49.2 Å². The predicted molar refractivity (Wildman–Crippen MR) is 116 cm³/mol. The second-order valence-corrected chi connectivity index (χ2v) is 9.31. The van der Waals surface area contributed by atoms with Crippen LogP contribution in [0, 0.1) is 10.5 Å². The lowest BCUT2D eigenvalue weighted by Gasteiger charge is -2.32. The molecule has 1 aliphatic rings. The molecule has 0 spiro atoms. The minimum Gasteiger partial charge on any atom is -0.399 e. The standard InChI is InChI=1S/C20H23BIN3O2/c1-13-10-15(21-26-19(2,3)20(4,5)27-21)18-17(11-13)23-24-25(18)12-14-8-6-7-9-16(14)22/h6-11H,12H2,1-5H3. The Kier molecular flexibility index (Phi) is 4.59. The highest BCUT2D eigenvalue weighted by atomic mass is 127. The van der Waals surface area contributed by atoms with Gasteiger partial charge in [0.1, 0.15) is 5.52 Å². The molecule has 1 aromatic heterocycles. The first-order valence-electron chi connectivity index (χ1n) is 9.11. The maximum absolute atomic E-state index is 6.32. The Labute approximate surface area is 173 Å². The van der Waals surface area contributed by atoms with Crippen molar-refractivity contribution in [2.24, 2.45) is 0 Å². The van der Waals surface area contributed by atoms with Gasteiger partial charge in [-0.1, -0.05) is 29.5 Å². The van der Waals surface area contributed by atoms with Crippen molar-refractivity contribution in [2.45, 2.75) is 52.4 Å². The van der Waals surface area contributed by atoms with E-state index in [-0.39, 0.29) is 11.2 Å². The third-order valence-corrected chi connectivity index (χ3v) is 6.62. The molecular weight excluding hydrogens is 452 g/mol. The molecule has 4 rings (SSSR count). The number of nitrogens with zero attached hydrogens (tertiary/aromatic N) is 3. The molecule has 1 saturated heterocycles. The number of hydrogen-bond acceptors (Lipinski definition) is 4. The summed E-state index contributed by atoms with van der Waals surface area (Å²) in [4.78, 5) is 0. The van der Waals surface area contributed by atoms with Crippen molar-refractivity contribution in [3.8, 4) is 0 Å². The van der Waals surface area contributed by atoms with E-state index in [0.717, 1.165) is 22.1 Å². The van der Waals surface area contributed by atoms with Crippen molar-refractivity contribution < 1.29 is 9.31 Å². The van der Waals surface area contributed by atoms with Gasteiger partial charge in [-0.05, 0) is 80.5 Å². The van der Waals surface area contributed by atoms with Gasteiger partial charge >= 0.3 is 7.12 Å². The molecule has 0 N–H and O–H groups in total. The van der Waals surface area contributed by atoms with E-state index in [1.165, 1.54) is 9.13 Å². The molecule has 0 amide bonds. The Morgan fingerprint density at radius 1 is 1.07 bits per heavy atom. The average Bonchev–Trinajstić information content (AvgIpc) is 3.07. The molecule has 1 aliphatic heterocycles. The Balaban J connectivity index is 1.82. The van der Waals surface area contributed by atoms with Crippen molar-refractivity contribution in [3.05, 3.63) is 51.1 Å². The van der Waals surface area contributed by atoms with Crippen LogP contribution >= 0.6 is 22.6 Å². The summed E-state index contributed by atoms with van der Waals surface area (Å²) in [5.74, 6) is 0. The molecule has 0 radical (unpaired) electrons. The Morgan fingerprint density at radius 3 is 2.41 bits per heavy atom. The maximum Gasteiger partial charge on any atom is 0.497 e. The summed E-state index contributed by atoms with van der Waals surface area (Å²) in [5.41, 5.74) is 4.38. The molecule has 2 heterocycles. The molecule has 3 aromatic rings. The number of benzene rings is 2. The molecule has 0 bridgehead atoms. The number of rotatable bonds is 3. The van der Waals surface area contributed by atoms with Gasteiger partial charge in [-0.2, -0.15) is 0 Å². The van der Waals surface area contributed by atoms with Crippen LogP contribution in [0.1, 0.15) is 38.8 Å². The fraction of sp³-hybridized carbons (Fsp3) is 0.400. The molecule has 0 saturated carbocycles. The molecule has 0 atom stereocenters. The predicted octanol–water partition coefficient (Wildman–Crippen LogP) is 3.69. The maximum atomic E-state index is 6.32. The summed E-state index contributed by atoms with van der Waals surface area (Å²) in [6.45, 7) is 11.0. The second-order valence-electron chi connectivity index (χ2n) is 8.15. The zero-order valence-electron chi connectivity index (χ0n) is 16.3. The van der Waals surface area contributed by atoms with Gasteiger partial charge in [0, 0.05) is 9.03 Å². The monoisotopic (exact) mass is 475 g/mol. The van der Waals surface area contributed by atoms with Gasteiger partial charge in [0.25, 0.3) is 0 Å². The van der Waals surface area contributed by atoms with Crippen molar-refractivity contribution in [2.75, 3.05) is 0 Å². The quantitative estimate of drug-likeness (QED) is 0.429. The zero-order valence-corrected chi connectivity index (χ0v) is 18.4. The number of aromatic nitrogens is 3. The zero-order chi connectivity index (χ0) is 19.4. The Hall–Kier alpha value is -1.45. The van der Waals surface area contributed by atoms with Crippen molar-refractivity contribution >= 4 is 46.2 Å². The van der Waals surface area contributed by atoms with Crippen LogP contribution in [-0.4, -0.2) is 33.3 Å². The lowest BCUT2D eigenvalue weighted by atomic mass is 9.77. The summed E-state index contributed by atoms with van der Waals surface area (Å²) < 4.78 is 15.8. The van der Waals surface area contributed by atoms with Crippen LogP contribution in [0.5, 0.6) is 0 Å². The highest BCUT2D eigenvalue weighted by Crippen LogP contribution is 2.37. The molecule has 27 heavy (non-hydrogen) atoms. The second kappa shape index (κ2) is 6.56. The van der Waals surface area contributed by atoms with E-state index in [4.69, 9.17) is 9.31 Å². The molecule has 0 unspecified atom stereocenters. The average molecular weight is 475 g/mol. The van der Waals surface area contributed by atoms with Crippen LogP contribution < -0.4 is 5.46 Å². The van der Waals surface area contributed by atoms with E-state index in [2.05, 4.69) is 97.9 Å². The highest BCUT2D eigenvalue weighted by molar-refractivity contribution is 14.1. The summed E-state index contributed by atoms with van der Waals surface area (Å²) in [6.07, 6.45) is 0. The fourth-order valence-electron chi connectivity index (χ4n) is 3.34. The van der Waals surface area contributed by atoms with E-state index >= 15 is 0 Å². The molecule has 5 nitrogen and oxygen atoms in total. The fourth-order valence-corrected chi connectivity index (χ4v) is 3.90. The van der Waals surface area contributed by atoms with Crippen molar-refractivity contribution in [1.29, 1.82) is 0 Å². The minimum absolute atomic E-state index is 0.388. The van der Waals surface area contributed by atoms with Gasteiger partial charge in [-0.25, -0.2) is 4.68 Å². The van der Waals surface area contributed by atoms with Crippen LogP contribution in [0.15, 0.2) is 36.4 Å². The lowest BCUT2D eigenvalue weighted by molar-refractivity contribution is 0.00578. The number of aryl methyl sites for hydroxylation is 1. The van der Waals surface area contributed by atoms with Crippen LogP contribution in [0.3, 0.4) is 0 Å². The summed E-state index contributed by atoms with van der Waals surface area (Å²) >= 11 is 2.36. The van der Waals surface area contributed by atoms with Crippen LogP contribution in [0.2, 0.25) is 0 Å². The molecule has 7 heteroatoms. The van der Waals surface area contributed by atoms with Gasteiger partial charge in [0.15, 0.2) is 0 Å². The third kappa shape index (κ3) is 3.30. The minimum atomic E-state index is -0.440. The molecule has 2 aromatic carbocycles. The SMILES string of the molecule is Cc1cc(B2OC(C)(C)C(C)(C)O2)c2c(c1)nnn2Cc1ccccc1I. The molecule has 0 aliphatic carbocycles. The summed E-state index contributed by atoms with van der Waals surface area (Å²) in [7, 11) is -0.440. The first kappa shape index (κ1) is 18.9. The summed E-state index contributed by atoms with van der Waals surface area (Å²) in [6, 6.07) is 12.5. The van der Waals surface area contributed by atoms with E-state index in [0.29, 0.717) is 6.54 Å². The van der Waals surface area contributed by atoms with Crippen LogP contribution in [0.4, 0.5) is 0 Å². The van der Waals surface area contributed by atoms with Crippen LogP contribution in [-0.2, 0) is 15.9 Å². The summed E-state index contributed by atoms with van der Waals surface area (Å²) in [5, 5.41) is 8.84. The number of halogens is 1. The number of fused-ring (bicyclic) bond motifs is 1. The first-order chi connectivity index (χ1) is 12.7. The Morgan fingerprint density at radius 2 is 1.74 bits per heavy atom. The van der Waals surface area contributed by atoms with E-state index < -0.39 is 7.12 Å². The smallest absolute Gasteiger partial charge is 0.399 e. The van der Waals surface area contributed by atoms with Crippen molar-refractivity contribution in [1.82, 2.24) is 15.0 Å². The molecule has 1 fully saturated rings. The highest BCUT2D eigenvalue weighted by Gasteiger charge is 2.52. The largest absolute Gasteiger partial charge is 0.497 e. The normalized spacial score (nSPS) is 18.4. The molecule has 140 valence electrons.